The van der Waals surface area contributed by atoms with Crippen LogP contribution in [0.4, 0.5) is 0 Å². The third-order valence-corrected chi connectivity index (χ3v) is 2.34. The topological polar surface area (TPSA) is 70.5 Å². The molecule has 1 heterocycles. The summed E-state index contributed by atoms with van der Waals surface area (Å²) in [4.78, 5) is 28.2. The van der Waals surface area contributed by atoms with Gasteiger partial charge in [0.05, 0.1) is 5.56 Å². The van der Waals surface area contributed by atoms with Crippen molar-refractivity contribution in [3.8, 4) is 0 Å². The minimum Gasteiger partial charge on any atom is -0.480 e. The molecule has 0 aliphatic carbocycles. The maximum Gasteiger partial charge on any atom is 0.323 e. The Labute approximate surface area is 100 Å². The number of nitrogens with zero attached hydrogens (tertiary/aromatic N) is 2. The molecule has 1 rings (SSSR count). The molecular formula is C12H16N2O3. The minimum absolute atomic E-state index is 0.277. The maximum atomic E-state index is 12.1. The molecule has 5 heteroatoms. The molecule has 0 saturated heterocycles. The van der Waals surface area contributed by atoms with Crippen LogP contribution in [0.5, 0.6) is 0 Å². The zero-order chi connectivity index (χ0) is 12.8. The standard InChI is InChI=1S/C12H16N2O3/c1-3-7-14(8-11(15)16)12(17)10-5-4-6-13-9(10)2/h4-6H,3,7-8H2,1-2H3,(H,15,16). The van der Waals surface area contributed by atoms with E-state index in [2.05, 4.69) is 4.98 Å². The largest absolute Gasteiger partial charge is 0.480 e. The van der Waals surface area contributed by atoms with Crippen molar-refractivity contribution in [2.75, 3.05) is 13.1 Å². The van der Waals surface area contributed by atoms with E-state index in [9.17, 15) is 9.59 Å². The molecule has 0 aromatic carbocycles. The number of aryl methyl sites for hydroxylation is 1. The molecule has 0 saturated carbocycles. The summed E-state index contributed by atoms with van der Waals surface area (Å²) in [6.07, 6.45) is 2.33. The van der Waals surface area contributed by atoms with Gasteiger partial charge in [-0.15, -0.1) is 0 Å². The summed E-state index contributed by atoms with van der Waals surface area (Å²) in [5.74, 6) is -1.28. The highest BCUT2D eigenvalue weighted by Crippen LogP contribution is 2.08. The summed E-state index contributed by atoms with van der Waals surface area (Å²) < 4.78 is 0. The van der Waals surface area contributed by atoms with Gasteiger partial charge in [-0.25, -0.2) is 0 Å². The van der Waals surface area contributed by atoms with Crippen LogP contribution in [-0.4, -0.2) is 40.0 Å². The molecule has 17 heavy (non-hydrogen) atoms. The van der Waals surface area contributed by atoms with Crippen LogP contribution in [0.15, 0.2) is 18.3 Å². The molecule has 1 aromatic rings. The molecule has 0 aliphatic heterocycles. The lowest BCUT2D eigenvalue weighted by Crippen LogP contribution is -2.36. The van der Waals surface area contributed by atoms with Crippen molar-refractivity contribution in [3.63, 3.8) is 0 Å². The number of carboxylic acid groups (broad SMARTS) is 1. The van der Waals surface area contributed by atoms with E-state index >= 15 is 0 Å². The smallest absolute Gasteiger partial charge is 0.323 e. The van der Waals surface area contributed by atoms with Gasteiger partial charge in [0, 0.05) is 18.4 Å². The Bertz CT molecular complexity index is 418. The van der Waals surface area contributed by atoms with Crippen molar-refractivity contribution < 1.29 is 14.7 Å². The number of carbonyl (C=O) groups is 2. The van der Waals surface area contributed by atoms with E-state index in [1.807, 2.05) is 6.92 Å². The number of carboxylic acids is 1. The monoisotopic (exact) mass is 236 g/mol. The predicted molar refractivity (Wildman–Crippen MR) is 62.8 cm³/mol. The lowest BCUT2D eigenvalue weighted by molar-refractivity contribution is -0.137. The lowest BCUT2D eigenvalue weighted by Gasteiger charge is -2.20. The number of carbonyl (C=O) groups excluding carboxylic acids is 1. The average Bonchev–Trinajstić information content (AvgIpc) is 2.28. The first kappa shape index (κ1) is 13.2. The van der Waals surface area contributed by atoms with E-state index in [1.165, 1.54) is 4.90 Å². The van der Waals surface area contributed by atoms with Crippen LogP contribution in [-0.2, 0) is 4.79 Å². The van der Waals surface area contributed by atoms with E-state index in [0.717, 1.165) is 6.42 Å². The highest BCUT2D eigenvalue weighted by molar-refractivity contribution is 5.96. The van der Waals surface area contributed by atoms with Gasteiger partial charge in [-0.1, -0.05) is 6.92 Å². The zero-order valence-corrected chi connectivity index (χ0v) is 10.0. The zero-order valence-electron chi connectivity index (χ0n) is 10.0. The first-order valence-corrected chi connectivity index (χ1v) is 5.49. The van der Waals surface area contributed by atoms with Gasteiger partial charge in [0.15, 0.2) is 0 Å². The van der Waals surface area contributed by atoms with E-state index in [1.54, 1.807) is 25.3 Å². The van der Waals surface area contributed by atoms with Crippen LogP contribution in [0.25, 0.3) is 0 Å². The summed E-state index contributed by atoms with van der Waals surface area (Å²) in [5.41, 5.74) is 1.08. The van der Waals surface area contributed by atoms with Gasteiger partial charge >= 0.3 is 5.97 Å². The molecule has 0 bridgehead atoms. The Kier molecular flexibility index (Phi) is 4.63. The fraction of sp³-hybridized carbons (Fsp3) is 0.417. The second-order valence-corrected chi connectivity index (χ2v) is 3.76. The maximum absolute atomic E-state index is 12.1. The third-order valence-electron chi connectivity index (χ3n) is 2.34. The van der Waals surface area contributed by atoms with Gasteiger partial charge in [0.2, 0.25) is 0 Å². The Morgan fingerprint density at radius 1 is 1.47 bits per heavy atom. The van der Waals surface area contributed by atoms with Crippen LogP contribution in [0.1, 0.15) is 29.4 Å². The quantitative estimate of drug-likeness (QED) is 0.837. The molecule has 0 spiro atoms. The summed E-state index contributed by atoms with van der Waals surface area (Å²) in [6.45, 7) is 3.79. The van der Waals surface area contributed by atoms with Crippen molar-refractivity contribution in [3.05, 3.63) is 29.6 Å². The molecule has 0 unspecified atom stereocenters. The molecule has 0 fully saturated rings. The predicted octanol–water partition coefficient (Wildman–Crippen LogP) is 1.33. The molecule has 1 amide bonds. The van der Waals surface area contributed by atoms with Gasteiger partial charge < -0.3 is 10.0 Å². The second kappa shape index (κ2) is 5.98. The Hall–Kier alpha value is -1.91. The van der Waals surface area contributed by atoms with Crippen LogP contribution >= 0.6 is 0 Å². The van der Waals surface area contributed by atoms with Gasteiger partial charge in [0.1, 0.15) is 6.54 Å². The third kappa shape index (κ3) is 3.55. The van der Waals surface area contributed by atoms with Crippen LogP contribution in [0, 0.1) is 6.92 Å². The first-order chi connectivity index (χ1) is 8.06. The molecule has 0 radical (unpaired) electrons. The van der Waals surface area contributed by atoms with E-state index in [4.69, 9.17) is 5.11 Å². The summed E-state index contributed by atoms with van der Waals surface area (Å²) in [7, 11) is 0. The number of aromatic nitrogens is 1. The highest BCUT2D eigenvalue weighted by Gasteiger charge is 2.19. The Morgan fingerprint density at radius 3 is 2.71 bits per heavy atom. The minimum atomic E-state index is -1.01. The Morgan fingerprint density at radius 2 is 2.18 bits per heavy atom. The second-order valence-electron chi connectivity index (χ2n) is 3.76. The molecule has 0 aliphatic rings. The van der Waals surface area contributed by atoms with Gasteiger partial charge in [0.25, 0.3) is 5.91 Å². The van der Waals surface area contributed by atoms with Crippen molar-refractivity contribution in [1.29, 1.82) is 0 Å². The van der Waals surface area contributed by atoms with Crippen LogP contribution < -0.4 is 0 Å². The number of hydrogen-bond acceptors (Lipinski definition) is 3. The molecule has 92 valence electrons. The average molecular weight is 236 g/mol. The SMILES string of the molecule is CCCN(CC(=O)O)C(=O)c1cccnc1C. The molecular weight excluding hydrogens is 220 g/mol. The van der Waals surface area contributed by atoms with Crippen LogP contribution in [0.2, 0.25) is 0 Å². The number of rotatable bonds is 5. The Balaban J connectivity index is 2.91. The lowest BCUT2D eigenvalue weighted by atomic mass is 10.1. The normalized spacial score (nSPS) is 10.0. The number of aliphatic carboxylic acids is 1. The molecule has 5 nitrogen and oxygen atoms in total. The van der Waals surface area contributed by atoms with Crippen molar-refractivity contribution in [2.24, 2.45) is 0 Å². The summed E-state index contributed by atoms with van der Waals surface area (Å²) in [5, 5.41) is 8.77. The van der Waals surface area contributed by atoms with Crippen molar-refractivity contribution >= 4 is 11.9 Å². The van der Waals surface area contributed by atoms with Crippen molar-refractivity contribution in [2.45, 2.75) is 20.3 Å². The molecule has 0 atom stereocenters. The molecule has 1 N–H and O–H groups in total. The summed E-state index contributed by atoms with van der Waals surface area (Å²) >= 11 is 0. The number of hydrogen-bond donors (Lipinski definition) is 1. The van der Waals surface area contributed by atoms with E-state index < -0.39 is 5.97 Å². The van der Waals surface area contributed by atoms with Gasteiger partial charge in [-0.05, 0) is 25.5 Å². The van der Waals surface area contributed by atoms with Gasteiger partial charge in [-0.2, -0.15) is 0 Å². The highest BCUT2D eigenvalue weighted by atomic mass is 16.4. The fourth-order valence-electron chi connectivity index (χ4n) is 1.57. The van der Waals surface area contributed by atoms with Crippen molar-refractivity contribution in [1.82, 2.24) is 9.88 Å². The van der Waals surface area contributed by atoms with Gasteiger partial charge in [-0.3, -0.25) is 14.6 Å². The number of amides is 1. The first-order valence-electron chi connectivity index (χ1n) is 5.49. The number of pyridine rings is 1. The van der Waals surface area contributed by atoms with E-state index in [-0.39, 0.29) is 12.5 Å². The molecule has 1 aromatic heterocycles. The van der Waals surface area contributed by atoms with Crippen LogP contribution in [0.3, 0.4) is 0 Å². The van der Waals surface area contributed by atoms with E-state index in [0.29, 0.717) is 17.8 Å². The summed E-state index contributed by atoms with van der Waals surface area (Å²) in [6, 6.07) is 3.33. The fourth-order valence-corrected chi connectivity index (χ4v) is 1.57.